The standard InChI is InChI=1S/C31H49NO6Si2/c1-30(2,3)36-29(35)32(21-20-23-14-10-8-11-15-23)26(22-24-16-12-9-13-17-24)25(18-19-27(33)34)31(4,5)28(37-39-6)38-40-7/h8-17,25-26,28H,18-22,39-40H2,1-7H3,(H,33,34). The molecule has 2 aromatic rings. The van der Waals surface area contributed by atoms with E-state index in [2.05, 4.69) is 51.2 Å². The zero-order valence-corrected chi connectivity index (χ0v) is 28.2. The van der Waals surface area contributed by atoms with Crippen LogP contribution in [0.3, 0.4) is 0 Å². The van der Waals surface area contributed by atoms with Gasteiger partial charge in [-0.3, -0.25) is 4.79 Å². The van der Waals surface area contributed by atoms with Gasteiger partial charge in [-0.2, -0.15) is 0 Å². The smallest absolute Gasteiger partial charge is 0.410 e. The molecule has 0 fully saturated rings. The molecular weight excluding hydrogens is 539 g/mol. The number of carbonyl (C=O) groups is 2. The molecule has 0 spiro atoms. The molecule has 0 aliphatic heterocycles. The Morgan fingerprint density at radius 2 is 1.40 bits per heavy atom. The Balaban J connectivity index is 2.66. The number of hydrogen-bond acceptors (Lipinski definition) is 5. The number of carboxylic acid groups (broad SMARTS) is 1. The van der Waals surface area contributed by atoms with Gasteiger partial charge in [0.05, 0.1) is 0 Å². The molecule has 1 N–H and O–H groups in total. The lowest BCUT2D eigenvalue weighted by molar-refractivity contribution is -0.140. The lowest BCUT2D eigenvalue weighted by Crippen LogP contribution is -2.55. The molecule has 0 saturated carbocycles. The van der Waals surface area contributed by atoms with Crippen LogP contribution in [0.1, 0.15) is 58.6 Å². The molecule has 7 nitrogen and oxygen atoms in total. The van der Waals surface area contributed by atoms with E-state index in [0.29, 0.717) is 25.8 Å². The van der Waals surface area contributed by atoms with Crippen molar-refractivity contribution in [2.45, 2.75) is 91.3 Å². The molecule has 222 valence electrons. The molecule has 9 heteroatoms. The number of nitrogens with zero attached hydrogens (tertiary/aromatic N) is 1. The number of benzene rings is 2. The van der Waals surface area contributed by atoms with Crippen LogP contribution in [-0.4, -0.2) is 66.1 Å². The van der Waals surface area contributed by atoms with Crippen LogP contribution >= 0.6 is 0 Å². The van der Waals surface area contributed by atoms with E-state index in [4.69, 9.17) is 13.6 Å². The van der Waals surface area contributed by atoms with Crippen LogP contribution in [0, 0.1) is 11.3 Å². The van der Waals surface area contributed by atoms with Crippen molar-refractivity contribution in [2.24, 2.45) is 11.3 Å². The van der Waals surface area contributed by atoms with Gasteiger partial charge in [0, 0.05) is 24.4 Å². The molecule has 1 amide bonds. The molecule has 2 unspecified atom stereocenters. The summed E-state index contributed by atoms with van der Waals surface area (Å²) in [6.45, 7) is 14.4. The van der Waals surface area contributed by atoms with Gasteiger partial charge in [0.2, 0.25) is 0 Å². The van der Waals surface area contributed by atoms with Gasteiger partial charge >= 0.3 is 12.1 Å². The van der Waals surface area contributed by atoms with Gasteiger partial charge in [0.25, 0.3) is 0 Å². The number of amides is 1. The first-order valence-electron chi connectivity index (χ1n) is 14.4. The zero-order valence-electron chi connectivity index (χ0n) is 25.4. The van der Waals surface area contributed by atoms with E-state index >= 15 is 0 Å². The van der Waals surface area contributed by atoms with Crippen molar-refractivity contribution in [2.75, 3.05) is 6.54 Å². The Labute approximate surface area is 245 Å². The summed E-state index contributed by atoms with van der Waals surface area (Å²) >= 11 is 0. The average molecular weight is 588 g/mol. The lowest BCUT2D eigenvalue weighted by Gasteiger charge is -2.47. The van der Waals surface area contributed by atoms with Crippen LogP contribution in [0.4, 0.5) is 4.79 Å². The van der Waals surface area contributed by atoms with Crippen molar-refractivity contribution in [1.29, 1.82) is 0 Å². The largest absolute Gasteiger partial charge is 0.481 e. The van der Waals surface area contributed by atoms with Gasteiger partial charge in [-0.1, -0.05) is 87.6 Å². The summed E-state index contributed by atoms with van der Waals surface area (Å²) in [5.41, 5.74) is 0.954. The van der Waals surface area contributed by atoms with Crippen LogP contribution < -0.4 is 0 Å². The van der Waals surface area contributed by atoms with E-state index < -0.39 is 48.9 Å². The van der Waals surface area contributed by atoms with Gasteiger partial charge in [-0.15, -0.1) is 0 Å². The number of aliphatic carboxylic acids is 1. The highest BCUT2D eigenvalue weighted by molar-refractivity contribution is 6.26. The highest BCUT2D eigenvalue weighted by Crippen LogP contribution is 2.41. The molecular formula is C31H49NO6Si2. The predicted molar refractivity (Wildman–Crippen MR) is 166 cm³/mol. The van der Waals surface area contributed by atoms with Crippen molar-refractivity contribution in [3.8, 4) is 0 Å². The third-order valence-electron chi connectivity index (χ3n) is 7.13. The number of rotatable bonds is 16. The number of carbonyl (C=O) groups excluding carboxylic acids is 1. The summed E-state index contributed by atoms with van der Waals surface area (Å²) in [4.78, 5) is 27.7. The Morgan fingerprint density at radius 3 is 1.88 bits per heavy atom. The number of hydrogen-bond donors (Lipinski definition) is 1. The van der Waals surface area contributed by atoms with Gasteiger partial charge in [-0.25, -0.2) is 4.79 Å². The Morgan fingerprint density at radius 1 is 0.875 bits per heavy atom. The summed E-state index contributed by atoms with van der Waals surface area (Å²) in [6.07, 6.45) is 0.728. The first kappa shape index (κ1) is 33.7. The second kappa shape index (κ2) is 16.1. The third-order valence-corrected chi connectivity index (χ3v) is 8.41. The van der Waals surface area contributed by atoms with Crippen LogP contribution in [0.2, 0.25) is 13.1 Å². The number of ether oxygens (including phenoxy) is 1. The number of carboxylic acids is 1. The summed E-state index contributed by atoms with van der Waals surface area (Å²) in [5.74, 6) is -1.10. The molecule has 0 aromatic heterocycles. The van der Waals surface area contributed by atoms with Crippen LogP contribution in [-0.2, 0) is 31.2 Å². The molecule has 0 heterocycles. The molecule has 40 heavy (non-hydrogen) atoms. The molecule has 0 aliphatic carbocycles. The fraction of sp³-hybridized carbons (Fsp3) is 0.548. The fourth-order valence-electron chi connectivity index (χ4n) is 5.23. The van der Waals surface area contributed by atoms with E-state index in [-0.39, 0.29) is 18.4 Å². The first-order valence-corrected chi connectivity index (χ1v) is 18.4. The van der Waals surface area contributed by atoms with Gasteiger partial charge in [0.15, 0.2) is 19.5 Å². The minimum Gasteiger partial charge on any atom is -0.481 e. The lowest BCUT2D eigenvalue weighted by atomic mass is 9.70. The minimum absolute atomic E-state index is 0.0138. The van der Waals surface area contributed by atoms with Crippen molar-refractivity contribution in [1.82, 2.24) is 4.90 Å². The highest BCUT2D eigenvalue weighted by Gasteiger charge is 2.46. The van der Waals surface area contributed by atoms with Gasteiger partial charge in [0.1, 0.15) is 11.9 Å². The van der Waals surface area contributed by atoms with E-state index in [9.17, 15) is 14.7 Å². The van der Waals surface area contributed by atoms with Crippen molar-refractivity contribution in [3.63, 3.8) is 0 Å². The van der Waals surface area contributed by atoms with E-state index in [1.165, 1.54) is 0 Å². The second-order valence-corrected chi connectivity index (χ2v) is 13.6. The van der Waals surface area contributed by atoms with Crippen LogP contribution in [0.15, 0.2) is 60.7 Å². The van der Waals surface area contributed by atoms with Crippen molar-refractivity contribution < 1.29 is 28.3 Å². The summed E-state index contributed by atoms with van der Waals surface area (Å²) in [5, 5.41) is 9.74. The summed E-state index contributed by atoms with van der Waals surface area (Å²) in [7, 11) is -1.61. The SMILES string of the molecule is C[SiH2]OC(O[SiH2]C)C(C)(C)C(CCC(=O)O)C(Cc1ccccc1)N(CCc1ccccc1)C(=O)OC(C)(C)C. The van der Waals surface area contributed by atoms with E-state index in [1.54, 1.807) is 0 Å². The third kappa shape index (κ3) is 10.8. The fourth-order valence-corrected chi connectivity index (χ4v) is 7.08. The van der Waals surface area contributed by atoms with Crippen molar-refractivity contribution in [3.05, 3.63) is 71.8 Å². The molecule has 2 aromatic carbocycles. The highest BCUT2D eigenvalue weighted by atomic mass is 28.2. The molecule has 2 rings (SSSR count). The molecule has 0 saturated heterocycles. The topological polar surface area (TPSA) is 85.3 Å². The maximum absolute atomic E-state index is 13.9. The first-order chi connectivity index (χ1) is 18.9. The normalized spacial score (nSPS) is 14.9. The Hall–Kier alpha value is -2.47. The average Bonchev–Trinajstić information content (AvgIpc) is 2.88. The molecule has 0 aliphatic rings. The molecule has 2 atom stereocenters. The summed E-state index contributed by atoms with van der Waals surface area (Å²) < 4.78 is 18.5. The van der Waals surface area contributed by atoms with E-state index in [0.717, 1.165) is 11.1 Å². The monoisotopic (exact) mass is 587 g/mol. The second-order valence-electron chi connectivity index (χ2n) is 11.8. The Bertz CT molecular complexity index is 1020. The minimum atomic E-state index is -0.861. The molecule has 0 radical (unpaired) electrons. The Kier molecular flexibility index (Phi) is 13.6. The quantitative estimate of drug-likeness (QED) is 0.214. The van der Waals surface area contributed by atoms with Crippen molar-refractivity contribution >= 4 is 31.6 Å². The van der Waals surface area contributed by atoms with Gasteiger partial charge in [-0.05, 0) is 57.1 Å². The molecule has 0 bridgehead atoms. The maximum Gasteiger partial charge on any atom is 0.410 e. The summed E-state index contributed by atoms with van der Waals surface area (Å²) in [6, 6.07) is 19.8. The zero-order chi connectivity index (χ0) is 29.8. The van der Waals surface area contributed by atoms with Crippen LogP contribution in [0.5, 0.6) is 0 Å². The predicted octanol–water partition coefficient (Wildman–Crippen LogP) is 5.21. The maximum atomic E-state index is 13.9. The van der Waals surface area contributed by atoms with Gasteiger partial charge < -0.3 is 23.6 Å². The van der Waals surface area contributed by atoms with Crippen LogP contribution in [0.25, 0.3) is 0 Å². The van der Waals surface area contributed by atoms with E-state index in [1.807, 2.05) is 62.1 Å².